The summed E-state index contributed by atoms with van der Waals surface area (Å²) in [5.74, 6) is 4.97. The van der Waals surface area contributed by atoms with E-state index in [0.29, 0.717) is 0 Å². The summed E-state index contributed by atoms with van der Waals surface area (Å²) in [4.78, 5) is 0. The second-order valence-corrected chi connectivity index (χ2v) is 7.14. The molecule has 4 bridgehead atoms. The van der Waals surface area contributed by atoms with E-state index in [0.717, 1.165) is 47.7 Å². The molecule has 0 aliphatic heterocycles. The Morgan fingerprint density at radius 1 is 1.05 bits per heavy atom. The molecule has 1 aromatic heterocycles. The molecule has 1 aromatic rings. The Bertz CT molecular complexity index is 432. The van der Waals surface area contributed by atoms with E-state index in [2.05, 4.69) is 10.5 Å². The minimum absolute atomic E-state index is 0.751. The van der Waals surface area contributed by atoms with Gasteiger partial charge in [-0.3, -0.25) is 0 Å². The molecule has 0 aromatic carbocycles. The van der Waals surface area contributed by atoms with Gasteiger partial charge in [0.05, 0.1) is 5.69 Å². The van der Waals surface area contributed by atoms with Gasteiger partial charge in [0, 0.05) is 18.2 Å². The lowest BCUT2D eigenvalue weighted by molar-refractivity contribution is -0.0143. The Morgan fingerprint density at radius 2 is 1.68 bits per heavy atom. The first-order valence-corrected chi connectivity index (χ1v) is 7.86. The summed E-state index contributed by atoms with van der Waals surface area (Å²) < 4.78 is 5.26. The van der Waals surface area contributed by atoms with Gasteiger partial charge in [-0.25, -0.2) is 0 Å². The Hall–Kier alpha value is -0.830. The van der Waals surface area contributed by atoms with Gasteiger partial charge in [0.15, 0.2) is 0 Å². The third kappa shape index (κ3) is 1.94. The lowest BCUT2D eigenvalue weighted by Crippen LogP contribution is -2.54. The van der Waals surface area contributed by atoms with Crippen molar-refractivity contribution in [2.24, 2.45) is 23.7 Å². The number of aryl methyl sites for hydroxylation is 2. The zero-order valence-electron chi connectivity index (χ0n) is 12.0. The predicted molar refractivity (Wildman–Crippen MR) is 73.6 cm³/mol. The second kappa shape index (κ2) is 4.34. The molecule has 0 radical (unpaired) electrons. The quantitative estimate of drug-likeness (QED) is 0.907. The minimum atomic E-state index is 0.751. The van der Waals surface area contributed by atoms with Crippen LogP contribution in [0.15, 0.2) is 4.52 Å². The molecular formula is C16H24N2O. The fourth-order valence-electron chi connectivity index (χ4n) is 5.23. The fraction of sp³-hybridized carbons (Fsp3) is 0.812. The molecule has 0 saturated heterocycles. The molecule has 4 aliphatic carbocycles. The van der Waals surface area contributed by atoms with E-state index in [9.17, 15) is 0 Å². The summed E-state index contributed by atoms with van der Waals surface area (Å²) in [5, 5.41) is 7.91. The van der Waals surface area contributed by atoms with Crippen LogP contribution in [0.5, 0.6) is 0 Å². The van der Waals surface area contributed by atoms with Gasteiger partial charge in [0.25, 0.3) is 0 Å². The predicted octanol–water partition coefficient (Wildman–Crippen LogP) is 3.21. The van der Waals surface area contributed by atoms with Crippen molar-refractivity contribution >= 4 is 0 Å². The second-order valence-electron chi connectivity index (χ2n) is 7.14. The molecule has 4 saturated carbocycles. The van der Waals surface area contributed by atoms with Gasteiger partial charge < -0.3 is 9.84 Å². The van der Waals surface area contributed by atoms with Crippen molar-refractivity contribution in [2.75, 3.05) is 0 Å². The van der Waals surface area contributed by atoms with E-state index < -0.39 is 0 Å². The number of nitrogens with zero attached hydrogens (tertiary/aromatic N) is 1. The third-order valence-electron chi connectivity index (χ3n) is 5.92. The maximum atomic E-state index is 5.26. The molecule has 0 atom stereocenters. The highest BCUT2D eigenvalue weighted by atomic mass is 16.5. The van der Waals surface area contributed by atoms with E-state index in [4.69, 9.17) is 4.52 Å². The highest BCUT2D eigenvalue weighted by Crippen LogP contribution is 2.53. The molecular weight excluding hydrogens is 236 g/mol. The van der Waals surface area contributed by atoms with E-state index in [1.165, 1.54) is 37.7 Å². The third-order valence-corrected chi connectivity index (χ3v) is 5.92. The first-order valence-electron chi connectivity index (χ1n) is 7.86. The highest BCUT2D eigenvalue weighted by Gasteiger charge is 2.47. The van der Waals surface area contributed by atoms with Crippen LogP contribution in [-0.4, -0.2) is 11.2 Å². The molecule has 0 spiro atoms. The lowest BCUT2D eigenvalue weighted by atomic mass is 9.54. The molecule has 1 N–H and O–H groups in total. The largest absolute Gasteiger partial charge is 0.361 e. The number of aromatic nitrogens is 1. The van der Waals surface area contributed by atoms with E-state index in [1.54, 1.807) is 0 Å². The van der Waals surface area contributed by atoms with Crippen LogP contribution in [0, 0.1) is 37.5 Å². The molecule has 3 heteroatoms. The summed E-state index contributed by atoms with van der Waals surface area (Å²) in [7, 11) is 0. The van der Waals surface area contributed by atoms with E-state index in [-0.39, 0.29) is 0 Å². The van der Waals surface area contributed by atoms with Gasteiger partial charge in [-0.05, 0) is 69.6 Å². The summed E-state index contributed by atoms with van der Waals surface area (Å²) in [6.45, 7) is 5.01. The lowest BCUT2D eigenvalue weighted by Gasteiger charge is -2.54. The van der Waals surface area contributed by atoms with Gasteiger partial charge in [0.2, 0.25) is 0 Å². The Morgan fingerprint density at radius 3 is 2.21 bits per heavy atom. The minimum Gasteiger partial charge on any atom is -0.361 e. The molecule has 4 fully saturated rings. The van der Waals surface area contributed by atoms with Crippen LogP contribution in [-0.2, 0) is 6.54 Å². The van der Waals surface area contributed by atoms with Crippen LogP contribution in [0.3, 0.4) is 0 Å². The van der Waals surface area contributed by atoms with Crippen LogP contribution >= 0.6 is 0 Å². The zero-order chi connectivity index (χ0) is 13.0. The zero-order valence-corrected chi connectivity index (χ0v) is 12.0. The van der Waals surface area contributed by atoms with Gasteiger partial charge in [-0.1, -0.05) is 5.16 Å². The molecule has 4 aliphatic rings. The molecule has 0 amide bonds. The van der Waals surface area contributed by atoms with Crippen molar-refractivity contribution in [3.8, 4) is 0 Å². The van der Waals surface area contributed by atoms with Crippen molar-refractivity contribution in [1.82, 2.24) is 10.5 Å². The molecule has 1 heterocycles. The Balaban J connectivity index is 1.46. The van der Waals surface area contributed by atoms with Gasteiger partial charge in [0.1, 0.15) is 5.76 Å². The summed E-state index contributed by atoms with van der Waals surface area (Å²) in [6, 6.07) is 0.751. The average molecular weight is 260 g/mol. The fourth-order valence-corrected chi connectivity index (χ4v) is 5.23. The summed E-state index contributed by atoms with van der Waals surface area (Å²) >= 11 is 0. The van der Waals surface area contributed by atoms with Gasteiger partial charge in [-0.15, -0.1) is 0 Å². The Labute approximate surface area is 115 Å². The van der Waals surface area contributed by atoms with Crippen molar-refractivity contribution in [3.63, 3.8) is 0 Å². The Kier molecular flexibility index (Phi) is 2.73. The van der Waals surface area contributed by atoms with Crippen LogP contribution in [0.4, 0.5) is 0 Å². The molecule has 104 valence electrons. The van der Waals surface area contributed by atoms with Crippen LogP contribution in [0.25, 0.3) is 0 Å². The number of nitrogens with one attached hydrogen (secondary N) is 1. The molecule has 0 unspecified atom stereocenters. The van der Waals surface area contributed by atoms with E-state index >= 15 is 0 Å². The molecule has 3 nitrogen and oxygen atoms in total. The van der Waals surface area contributed by atoms with Crippen molar-refractivity contribution in [3.05, 3.63) is 17.0 Å². The molecule has 5 rings (SSSR count). The number of hydrogen-bond donors (Lipinski definition) is 1. The van der Waals surface area contributed by atoms with Crippen molar-refractivity contribution in [1.29, 1.82) is 0 Å². The van der Waals surface area contributed by atoms with Crippen LogP contribution in [0.2, 0.25) is 0 Å². The summed E-state index contributed by atoms with van der Waals surface area (Å²) in [5.41, 5.74) is 2.32. The number of hydrogen-bond acceptors (Lipinski definition) is 3. The van der Waals surface area contributed by atoms with Crippen molar-refractivity contribution in [2.45, 2.75) is 58.5 Å². The maximum Gasteiger partial charge on any atom is 0.138 e. The van der Waals surface area contributed by atoms with Gasteiger partial charge in [-0.2, -0.15) is 0 Å². The SMILES string of the molecule is Cc1noc(C)c1CNC1C2CC3CC(C2)CC1C3. The first-order chi connectivity index (χ1) is 9.20. The average Bonchev–Trinajstić information content (AvgIpc) is 2.68. The van der Waals surface area contributed by atoms with E-state index in [1.807, 2.05) is 13.8 Å². The van der Waals surface area contributed by atoms with Crippen LogP contribution < -0.4 is 5.32 Å². The monoisotopic (exact) mass is 260 g/mol. The number of rotatable bonds is 3. The highest BCUT2D eigenvalue weighted by molar-refractivity contribution is 5.20. The normalized spacial score (nSPS) is 40.0. The smallest absolute Gasteiger partial charge is 0.138 e. The van der Waals surface area contributed by atoms with Crippen LogP contribution in [0.1, 0.15) is 49.1 Å². The molecule has 19 heavy (non-hydrogen) atoms. The van der Waals surface area contributed by atoms with Gasteiger partial charge >= 0.3 is 0 Å². The van der Waals surface area contributed by atoms with Crippen molar-refractivity contribution < 1.29 is 4.52 Å². The first kappa shape index (κ1) is 12.0. The summed E-state index contributed by atoms with van der Waals surface area (Å²) in [6.07, 6.45) is 7.45. The standard InChI is InChI=1S/C16H24N2O/c1-9-15(10(2)19-18-9)8-17-16-13-4-11-3-12(6-13)7-14(16)5-11/h11-14,16-17H,3-8H2,1-2H3. The topological polar surface area (TPSA) is 38.1 Å². The maximum absolute atomic E-state index is 5.26.